The van der Waals surface area contributed by atoms with Gasteiger partial charge in [-0.15, -0.1) is 0 Å². The monoisotopic (exact) mass is 223 g/mol. The maximum Gasteiger partial charge on any atom is 0.209 e. The second kappa shape index (κ2) is 4.25. The third kappa shape index (κ3) is 2.41. The largest absolute Gasteiger partial charge is 0.386 e. The van der Waals surface area contributed by atoms with Gasteiger partial charge in [0.1, 0.15) is 5.60 Å². The molecule has 16 heavy (non-hydrogen) atoms. The van der Waals surface area contributed by atoms with Gasteiger partial charge in [-0.1, -0.05) is 0 Å². The van der Waals surface area contributed by atoms with E-state index < -0.39 is 5.60 Å². The van der Waals surface area contributed by atoms with Crippen molar-refractivity contribution in [3.05, 3.63) is 18.2 Å². The van der Waals surface area contributed by atoms with Crippen molar-refractivity contribution >= 4 is 6.41 Å². The number of rotatable bonds is 3. The van der Waals surface area contributed by atoms with Gasteiger partial charge in [0.05, 0.1) is 25.1 Å². The average molecular weight is 223 g/mol. The van der Waals surface area contributed by atoms with Gasteiger partial charge in [0.15, 0.2) is 0 Å². The fourth-order valence-electron chi connectivity index (χ4n) is 2.26. The van der Waals surface area contributed by atoms with E-state index in [2.05, 4.69) is 4.98 Å². The molecule has 0 aromatic carbocycles. The van der Waals surface area contributed by atoms with Crippen molar-refractivity contribution in [1.82, 2.24) is 14.5 Å². The van der Waals surface area contributed by atoms with Crippen LogP contribution in [0.1, 0.15) is 18.5 Å². The van der Waals surface area contributed by atoms with E-state index >= 15 is 0 Å². The van der Waals surface area contributed by atoms with Gasteiger partial charge in [0.25, 0.3) is 0 Å². The minimum atomic E-state index is -0.813. The number of hydrogen-bond donors (Lipinski definition) is 1. The summed E-state index contributed by atoms with van der Waals surface area (Å²) in [6.45, 7) is 3.57. The predicted molar refractivity (Wildman–Crippen MR) is 58.8 cm³/mol. The van der Waals surface area contributed by atoms with Crippen LogP contribution in [-0.2, 0) is 11.3 Å². The van der Waals surface area contributed by atoms with Crippen molar-refractivity contribution in [2.24, 2.45) is 0 Å². The molecule has 1 saturated heterocycles. The van der Waals surface area contributed by atoms with E-state index in [1.165, 1.54) is 0 Å². The van der Waals surface area contributed by atoms with Gasteiger partial charge in [-0.3, -0.25) is 4.79 Å². The molecule has 1 amide bonds. The molecule has 0 aliphatic carbocycles. The minimum Gasteiger partial charge on any atom is -0.386 e. The molecule has 1 aliphatic heterocycles. The van der Waals surface area contributed by atoms with Crippen molar-refractivity contribution in [3.63, 3.8) is 0 Å². The van der Waals surface area contributed by atoms with Crippen molar-refractivity contribution in [1.29, 1.82) is 0 Å². The summed E-state index contributed by atoms with van der Waals surface area (Å²) >= 11 is 0. The number of carbonyl (C=O) groups excluding carboxylic acids is 1. The van der Waals surface area contributed by atoms with Gasteiger partial charge in [-0.2, -0.15) is 0 Å². The highest BCUT2D eigenvalue weighted by molar-refractivity contribution is 5.47. The average Bonchev–Trinajstić information content (AvgIpc) is 2.63. The summed E-state index contributed by atoms with van der Waals surface area (Å²) in [5.74, 6) is 0. The Morgan fingerprint density at radius 2 is 2.50 bits per heavy atom. The molecule has 1 aromatic rings. The molecule has 5 heteroatoms. The Morgan fingerprint density at radius 1 is 1.69 bits per heavy atom. The van der Waals surface area contributed by atoms with Gasteiger partial charge in [-0.05, 0) is 19.8 Å². The van der Waals surface area contributed by atoms with Crippen LogP contribution in [0, 0.1) is 6.92 Å². The number of likely N-dealkylation sites (tertiary alicyclic amines) is 1. The van der Waals surface area contributed by atoms with E-state index in [4.69, 9.17) is 0 Å². The molecule has 0 saturated carbocycles. The Bertz CT molecular complexity index is 377. The third-order valence-electron chi connectivity index (χ3n) is 2.97. The van der Waals surface area contributed by atoms with E-state index in [1.807, 2.05) is 17.7 Å². The lowest BCUT2D eigenvalue weighted by molar-refractivity contribution is -0.125. The second-order valence-corrected chi connectivity index (χ2v) is 4.59. The van der Waals surface area contributed by atoms with Crippen LogP contribution in [0.3, 0.4) is 0 Å². The standard InChI is InChI=1S/C11H17N3O2/c1-10-5-14(8-12-10)7-11(16)3-2-4-13(6-11)9-15/h5,8-9,16H,2-4,6-7H2,1H3. The zero-order chi connectivity index (χ0) is 11.6. The van der Waals surface area contributed by atoms with Gasteiger partial charge < -0.3 is 14.6 Å². The van der Waals surface area contributed by atoms with Gasteiger partial charge in [0.2, 0.25) is 6.41 Å². The molecule has 1 atom stereocenters. The number of piperidine rings is 1. The maximum absolute atomic E-state index is 10.7. The Balaban J connectivity index is 2.04. The number of aromatic nitrogens is 2. The summed E-state index contributed by atoms with van der Waals surface area (Å²) < 4.78 is 1.88. The van der Waals surface area contributed by atoms with E-state index in [0.29, 0.717) is 13.1 Å². The molecule has 1 N–H and O–H groups in total. The summed E-state index contributed by atoms with van der Waals surface area (Å²) in [7, 11) is 0. The highest BCUT2D eigenvalue weighted by Crippen LogP contribution is 2.22. The lowest BCUT2D eigenvalue weighted by atomic mass is 9.93. The number of aryl methyl sites for hydroxylation is 1. The van der Waals surface area contributed by atoms with E-state index in [9.17, 15) is 9.90 Å². The second-order valence-electron chi connectivity index (χ2n) is 4.59. The molecule has 2 rings (SSSR count). The Labute approximate surface area is 94.7 Å². The first kappa shape index (κ1) is 11.1. The molecule has 1 aromatic heterocycles. The van der Waals surface area contributed by atoms with Crippen molar-refractivity contribution < 1.29 is 9.90 Å². The summed E-state index contributed by atoms with van der Waals surface area (Å²) in [4.78, 5) is 16.5. The van der Waals surface area contributed by atoms with Crippen LogP contribution in [0.2, 0.25) is 0 Å². The molecule has 0 radical (unpaired) electrons. The van der Waals surface area contributed by atoms with E-state index in [-0.39, 0.29) is 0 Å². The summed E-state index contributed by atoms with van der Waals surface area (Å²) in [5, 5.41) is 10.4. The van der Waals surface area contributed by atoms with Crippen molar-refractivity contribution in [2.75, 3.05) is 13.1 Å². The predicted octanol–water partition coefficient (Wildman–Crippen LogP) is 0.175. The SMILES string of the molecule is Cc1cn(CC2(O)CCCN(C=O)C2)cn1. The molecular weight excluding hydrogens is 206 g/mol. The number of imidazole rings is 1. The molecule has 0 bridgehead atoms. The Morgan fingerprint density at radius 3 is 3.12 bits per heavy atom. The molecule has 1 aliphatic rings. The zero-order valence-electron chi connectivity index (χ0n) is 9.46. The Hall–Kier alpha value is -1.36. The lowest BCUT2D eigenvalue weighted by Gasteiger charge is -2.37. The van der Waals surface area contributed by atoms with Crippen molar-refractivity contribution in [3.8, 4) is 0 Å². The minimum absolute atomic E-state index is 0.410. The number of hydrogen-bond acceptors (Lipinski definition) is 3. The van der Waals surface area contributed by atoms with E-state index in [0.717, 1.165) is 31.5 Å². The molecule has 1 unspecified atom stereocenters. The van der Waals surface area contributed by atoms with Gasteiger partial charge >= 0.3 is 0 Å². The number of aliphatic hydroxyl groups is 1. The normalized spacial score (nSPS) is 25.8. The fourth-order valence-corrected chi connectivity index (χ4v) is 2.26. The number of carbonyl (C=O) groups is 1. The number of amides is 1. The molecule has 1 fully saturated rings. The van der Waals surface area contributed by atoms with Crippen LogP contribution in [0.4, 0.5) is 0 Å². The van der Waals surface area contributed by atoms with E-state index in [1.54, 1.807) is 11.2 Å². The van der Waals surface area contributed by atoms with Crippen LogP contribution in [0.15, 0.2) is 12.5 Å². The summed E-state index contributed by atoms with van der Waals surface area (Å²) in [6.07, 6.45) is 6.01. The number of β-amino-alcohol motifs (C(OH)–C–C–N with tert-alkyl or cyclic N) is 1. The number of nitrogens with zero attached hydrogens (tertiary/aromatic N) is 3. The van der Waals surface area contributed by atoms with Crippen LogP contribution in [0.5, 0.6) is 0 Å². The molecule has 88 valence electrons. The molecule has 5 nitrogen and oxygen atoms in total. The first-order valence-electron chi connectivity index (χ1n) is 5.51. The van der Waals surface area contributed by atoms with Crippen LogP contribution >= 0.6 is 0 Å². The first-order valence-corrected chi connectivity index (χ1v) is 5.51. The quantitative estimate of drug-likeness (QED) is 0.743. The Kier molecular flexibility index (Phi) is 2.96. The summed E-state index contributed by atoms with van der Waals surface area (Å²) in [5.41, 5.74) is 0.124. The molecular formula is C11H17N3O2. The lowest BCUT2D eigenvalue weighted by Crippen LogP contribution is -2.49. The highest BCUT2D eigenvalue weighted by Gasteiger charge is 2.33. The summed E-state index contributed by atoms with van der Waals surface area (Å²) in [6, 6.07) is 0. The van der Waals surface area contributed by atoms with Crippen molar-refractivity contribution in [2.45, 2.75) is 31.9 Å². The molecule has 0 spiro atoms. The zero-order valence-corrected chi connectivity index (χ0v) is 9.46. The highest BCUT2D eigenvalue weighted by atomic mass is 16.3. The van der Waals surface area contributed by atoms with Crippen LogP contribution in [-0.4, -0.2) is 44.7 Å². The fraction of sp³-hybridized carbons (Fsp3) is 0.636. The van der Waals surface area contributed by atoms with Gasteiger partial charge in [0, 0.05) is 12.7 Å². The van der Waals surface area contributed by atoms with Crippen LogP contribution in [0.25, 0.3) is 0 Å². The molecule has 2 heterocycles. The van der Waals surface area contributed by atoms with Crippen LogP contribution < -0.4 is 0 Å². The smallest absolute Gasteiger partial charge is 0.209 e. The topological polar surface area (TPSA) is 58.4 Å². The third-order valence-corrected chi connectivity index (χ3v) is 2.97. The maximum atomic E-state index is 10.7. The first-order chi connectivity index (χ1) is 7.61. The van der Waals surface area contributed by atoms with Gasteiger partial charge in [-0.25, -0.2) is 4.98 Å².